The molecule has 3 rings (SSSR count). The molecule has 8 heteroatoms. The number of ether oxygens (including phenoxy) is 1. The van der Waals surface area contributed by atoms with Gasteiger partial charge in [0.25, 0.3) is 5.91 Å². The van der Waals surface area contributed by atoms with Gasteiger partial charge in [0, 0.05) is 32.1 Å². The molecule has 1 aliphatic heterocycles. The number of aromatic nitrogens is 2. The molecule has 1 aliphatic rings. The molecule has 0 aliphatic carbocycles. The van der Waals surface area contributed by atoms with Crippen LogP contribution >= 0.6 is 0 Å². The molecule has 0 N–H and O–H groups in total. The van der Waals surface area contributed by atoms with Crippen LogP contribution in [0.2, 0.25) is 0 Å². The summed E-state index contributed by atoms with van der Waals surface area (Å²) in [5.41, 5.74) is 0. The largest absolute Gasteiger partial charge is 0.484 e. The van der Waals surface area contributed by atoms with Gasteiger partial charge in [0.2, 0.25) is 5.89 Å². The molecule has 2 aromatic rings. The Kier molecular flexibility index (Phi) is 5.50. The van der Waals surface area contributed by atoms with Crippen LogP contribution in [0.15, 0.2) is 34.7 Å². The molecule has 0 saturated carbocycles. The fourth-order valence-corrected chi connectivity index (χ4v) is 2.60. The van der Waals surface area contributed by atoms with Crippen LogP contribution in [0.5, 0.6) is 5.75 Å². The van der Waals surface area contributed by atoms with Gasteiger partial charge in [-0.1, -0.05) is 32.0 Å². The second kappa shape index (κ2) is 7.99. The Hall–Kier alpha value is -2.90. The fraction of sp³-hybridized carbons (Fsp3) is 0.444. The van der Waals surface area contributed by atoms with E-state index < -0.39 is 0 Å². The average Bonchev–Trinajstić information content (AvgIpc) is 3.17. The molecular formula is C18H22N4O4. The molecule has 0 atom stereocenters. The number of carbonyl (C=O) groups excluding carboxylic acids is 2. The maximum Gasteiger partial charge on any atom is 0.311 e. The van der Waals surface area contributed by atoms with Gasteiger partial charge in [0.05, 0.1) is 0 Å². The zero-order valence-corrected chi connectivity index (χ0v) is 14.9. The monoisotopic (exact) mass is 358 g/mol. The van der Waals surface area contributed by atoms with E-state index in [1.165, 1.54) is 0 Å². The zero-order valence-electron chi connectivity index (χ0n) is 14.9. The van der Waals surface area contributed by atoms with Crippen LogP contribution < -0.4 is 4.74 Å². The second-order valence-electron chi connectivity index (χ2n) is 6.37. The van der Waals surface area contributed by atoms with Gasteiger partial charge in [0.15, 0.2) is 6.61 Å². The van der Waals surface area contributed by atoms with E-state index in [-0.39, 0.29) is 30.2 Å². The van der Waals surface area contributed by atoms with Crippen molar-refractivity contribution in [2.45, 2.75) is 19.8 Å². The van der Waals surface area contributed by atoms with Crippen molar-refractivity contribution < 1.29 is 18.7 Å². The summed E-state index contributed by atoms with van der Waals surface area (Å²) in [6.45, 7) is 5.58. The maximum absolute atomic E-state index is 12.4. The summed E-state index contributed by atoms with van der Waals surface area (Å²) in [4.78, 5) is 28.0. The van der Waals surface area contributed by atoms with Gasteiger partial charge in [0.1, 0.15) is 5.75 Å². The Balaban J connectivity index is 1.48. The molecule has 1 aromatic heterocycles. The second-order valence-corrected chi connectivity index (χ2v) is 6.37. The normalized spacial score (nSPS) is 14.6. The molecule has 2 amide bonds. The van der Waals surface area contributed by atoms with Crippen molar-refractivity contribution in [2.75, 3.05) is 32.8 Å². The van der Waals surface area contributed by atoms with Crippen molar-refractivity contribution in [3.05, 3.63) is 42.1 Å². The van der Waals surface area contributed by atoms with Crippen LogP contribution in [0.25, 0.3) is 0 Å². The minimum atomic E-state index is -0.294. The van der Waals surface area contributed by atoms with Crippen molar-refractivity contribution >= 4 is 11.8 Å². The molecule has 2 heterocycles. The predicted octanol–water partition coefficient (Wildman–Crippen LogP) is 1.56. The summed E-state index contributed by atoms with van der Waals surface area (Å²) in [6.07, 6.45) is 0. The number of rotatable bonds is 5. The third kappa shape index (κ3) is 4.19. The molecule has 26 heavy (non-hydrogen) atoms. The molecule has 8 nitrogen and oxygen atoms in total. The van der Waals surface area contributed by atoms with Crippen LogP contribution in [-0.2, 0) is 4.79 Å². The van der Waals surface area contributed by atoms with Crippen LogP contribution in [-0.4, -0.2) is 64.6 Å². The number of nitrogens with zero attached hydrogens (tertiary/aromatic N) is 4. The van der Waals surface area contributed by atoms with E-state index in [0.717, 1.165) is 0 Å². The number of benzene rings is 1. The topological polar surface area (TPSA) is 88.8 Å². The molecule has 0 radical (unpaired) electrons. The highest BCUT2D eigenvalue weighted by Crippen LogP contribution is 2.14. The number of para-hydroxylation sites is 1. The Morgan fingerprint density at radius 1 is 1.08 bits per heavy atom. The third-order valence-electron chi connectivity index (χ3n) is 4.14. The summed E-state index contributed by atoms with van der Waals surface area (Å²) in [5, 5.41) is 7.70. The third-order valence-corrected chi connectivity index (χ3v) is 4.14. The maximum atomic E-state index is 12.4. The number of amides is 2. The van der Waals surface area contributed by atoms with E-state index in [4.69, 9.17) is 9.15 Å². The Labute approximate surface area is 151 Å². The Morgan fingerprint density at radius 2 is 1.73 bits per heavy atom. The minimum absolute atomic E-state index is 0.000822. The molecule has 0 bridgehead atoms. The number of hydrogen-bond acceptors (Lipinski definition) is 6. The van der Waals surface area contributed by atoms with Crippen LogP contribution in [0.1, 0.15) is 36.3 Å². The van der Waals surface area contributed by atoms with Crippen molar-refractivity contribution in [1.82, 2.24) is 20.0 Å². The first-order chi connectivity index (χ1) is 12.5. The first kappa shape index (κ1) is 17.9. The average molecular weight is 358 g/mol. The lowest BCUT2D eigenvalue weighted by Gasteiger charge is -2.33. The summed E-state index contributed by atoms with van der Waals surface area (Å²) in [5.74, 6) is 0.786. The summed E-state index contributed by atoms with van der Waals surface area (Å²) in [6, 6.07) is 9.21. The molecule has 1 fully saturated rings. The van der Waals surface area contributed by atoms with Crippen molar-refractivity contribution in [3.8, 4) is 5.75 Å². The standard InChI is InChI=1S/C18H22N4O4/c1-13(2)16-19-20-17(26-16)18(24)22-10-8-21(9-11-22)15(23)12-25-14-6-4-3-5-7-14/h3-7,13H,8-12H2,1-2H3. The summed E-state index contributed by atoms with van der Waals surface area (Å²) < 4.78 is 10.9. The summed E-state index contributed by atoms with van der Waals surface area (Å²) in [7, 11) is 0. The lowest BCUT2D eigenvalue weighted by molar-refractivity contribution is -0.134. The van der Waals surface area contributed by atoms with E-state index in [1.807, 2.05) is 32.0 Å². The highest BCUT2D eigenvalue weighted by molar-refractivity contribution is 5.89. The van der Waals surface area contributed by atoms with Gasteiger partial charge < -0.3 is 19.0 Å². The number of hydrogen-bond donors (Lipinski definition) is 0. The Bertz CT molecular complexity index is 752. The van der Waals surface area contributed by atoms with E-state index in [1.54, 1.807) is 21.9 Å². The quantitative estimate of drug-likeness (QED) is 0.806. The van der Waals surface area contributed by atoms with Crippen LogP contribution in [0.3, 0.4) is 0 Å². The van der Waals surface area contributed by atoms with Gasteiger partial charge in [-0.15, -0.1) is 10.2 Å². The predicted molar refractivity (Wildman–Crippen MR) is 92.8 cm³/mol. The first-order valence-corrected chi connectivity index (χ1v) is 8.63. The number of piperazine rings is 1. The summed E-state index contributed by atoms with van der Waals surface area (Å²) >= 11 is 0. The molecule has 1 aromatic carbocycles. The van der Waals surface area contributed by atoms with Crippen LogP contribution in [0, 0.1) is 0 Å². The highest BCUT2D eigenvalue weighted by Gasteiger charge is 2.28. The SMILES string of the molecule is CC(C)c1nnc(C(=O)N2CCN(C(=O)COc3ccccc3)CC2)o1. The first-order valence-electron chi connectivity index (χ1n) is 8.63. The highest BCUT2D eigenvalue weighted by atomic mass is 16.5. The van der Waals surface area contributed by atoms with E-state index in [0.29, 0.717) is 37.8 Å². The van der Waals surface area contributed by atoms with Crippen molar-refractivity contribution in [3.63, 3.8) is 0 Å². The van der Waals surface area contributed by atoms with Crippen molar-refractivity contribution in [2.24, 2.45) is 0 Å². The van der Waals surface area contributed by atoms with Gasteiger partial charge in [-0.05, 0) is 12.1 Å². The molecule has 138 valence electrons. The van der Waals surface area contributed by atoms with Crippen LogP contribution in [0.4, 0.5) is 0 Å². The minimum Gasteiger partial charge on any atom is -0.484 e. The Morgan fingerprint density at radius 3 is 2.35 bits per heavy atom. The molecule has 1 saturated heterocycles. The van der Waals surface area contributed by atoms with Crippen molar-refractivity contribution in [1.29, 1.82) is 0 Å². The van der Waals surface area contributed by atoms with E-state index in [9.17, 15) is 9.59 Å². The number of carbonyl (C=O) groups is 2. The van der Waals surface area contributed by atoms with Gasteiger partial charge >= 0.3 is 11.8 Å². The lowest BCUT2D eigenvalue weighted by Crippen LogP contribution is -2.51. The van der Waals surface area contributed by atoms with Gasteiger partial charge in [-0.2, -0.15) is 0 Å². The fourth-order valence-electron chi connectivity index (χ4n) is 2.60. The lowest BCUT2D eigenvalue weighted by atomic mass is 10.2. The van der Waals surface area contributed by atoms with E-state index in [2.05, 4.69) is 10.2 Å². The molecule has 0 unspecified atom stereocenters. The van der Waals surface area contributed by atoms with Gasteiger partial charge in [-0.25, -0.2) is 0 Å². The molecule has 0 spiro atoms. The van der Waals surface area contributed by atoms with Gasteiger partial charge in [-0.3, -0.25) is 9.59 Å². The molecular weight excluding hydrogens is 336 g/mol. The smallest absolute Gasteiger partial charge is 0.311 e. The van der Waals surface area contributed by atoms with E-state index >= 15 is 0 Å². The zero-order chi connectivity index (χ0) is 18.5.